The molecule has 0 unspecified atom stereocenters. The molecule has 2 aromatic carbocycles. The van der Waals surface area contributed by atoms with Crippen molar-refractivity contribution in [2.75, 3.05) is 7.11 Å². The Labute approximate surface area is 124 Å². The van der Waals surface area contributed by atoms with Gasteiger partial charge in [0.15, 0.2) is 0 Å². The van der Waals surface area contributed by atoms with Gasteiger partial charge in [0.1, 0.15) is 11.9 Å². The Morgan fingerprint density at radius 1 is 1.10 bits per heavy atom. The van der Waals surface area contributed by atoms with Gasteiger partial charge in [0, 0.05) is 0 Å². The number of benzene rings is 2. The van der Waals surface area contributed by atoms with E-state index in [1.54, 1.807) is 7.11 Å². The van der Waals surface area contributed by atoms with Gasteiger partial charge in [-0.1, -0.05) is 42.5 Å². The molecule has 4 nitrogen and oxygen atoms in total. The second kappa shape index (κ2) is 7.45. The molecule has 0 aliphatic carbocycles. The summed E-state index contributed by atoms with van der Waals surface area (Å²) in [6.45, 7) is 1.89. The fourth-order valence-corrected chi connectivity index (χ4v) is 1.91. The van der Waals surface area contributed by atoms with E-state index in [9.17, 15) is 4.79 Å². The van der Waals surface area contributed by atoms with Crippen LogP contribution in [0.3, 0.4) is 0 Å². The van der Waals surface area contributed by atoms with Gasteiger partial charge in [0.05, 0.1) is 13.5 Å². The van der Waals surface area contributed by atoms with Gasteiger partial charge >= 0.3 is 0 Å². The Morgan fingerprint density at radius 2 is 1.76 bits per heavy atom. The van der Waals surface area contributed by atoms with E-state index in [1.807, 2.05) is 61.5 Å². The van der Waals surface area contributed by atoms with Gasteiger partial charge in [-0.15, -0.1) is 0 Å². The van der Waals surface area contributed by atoms with Crippen LogP contribution in [0.1, 0.15) is 24.2 Å². The van der Waals surface area contributed by atoms with E-state index >= 15 is 0 Å². The number of hydroxylamine groups is 1. The van der Waals surface area contributed by atoms with Gasteiger partial charge < -0.3 is 4.74 Å². The Hall–Kier alpha value is -2.33. The van der Waals surface area contributed by atoms with Crippen LogP contribution in [0, 0.1) is 0 Å². The zero-order valence-corrected chi connectivity index (χ0v) is 12.2. The summed E-state index contributed by atoms with van der Waals surface area (Å²) in [5.41, 5.74) is 4.41. The molecule has 21 heavy (non-hydrogen) atoms. The molecule has 2 rings (SSSR count). The van der Waals surface area contributed by atoms with Gasteiger partial charge in [0.2, 0.25) is 5.91 Å². The van der Waals surface area contributed by atoms with Crippen molar-refractivity contribution < 1.29 is 14.4 Å². The van der Waals surface area contributed by atoms with Crippen LogP contribution in [0.5, 0.6) is 5.75 Å². The molecular weight excluding hydrogens is 266 g/mol. The van der Waals surface area contributed by atoms with E-state index in [0.29, 0.717) is 0 Å². The first-order chi connectivity index (χ1) is 10.2. The SMILES string of the molecule is COc1ccc(CC(=O)NO[C@@H](C)c2ccccc2)cc1. The summed E-state index contributed by atoms with van der Waals surface area (Å²) < 4.78 is 5.08. The molecule has 0 heterocycles. The topological polar surface area (TPSA) is 47.6 Å². The number of methoxy groups -OCH3 is 1. The van der Waals surface area contributed by atoms with Crippen LogP contribution in [0.4, 0.5) is 0 Å². The van der Waals surface area contributed by atoms with Crippen molar-refractivity contribution in [1.82, 2.24) is 5.48 Å². The highest BCUT2D eigenvalue weighted by atomic mass is 16.7. The predicted octanol–water partition coefficient (Wildman–Crippen LogP) is 3.05. The summed E-state index contributed by atoms with van der Waals surface area (Å²) in [6, 6.07) is 17.1. The lowest BCUT2D eigenvalue weighted by Gasteiger charge is -2.13. The number of amides is 1. The molecule has 0 aliphatic heterocycles. The van der Waals surface area contributed by atoms with E-state index in [0.717, 1.165) is 16.9 Å². The van der Waals surface area contributed by atoms with Crippen molar-refractivity contribution in [3.63, 3.8) is 0 Å². The Balaban J connectivity index is 1.81. The number of hydrogen-bond acceptors (Lipinski definition) is 3. The zero-order chi connectivity index (χ0) is 15.1. The first kappa shape index (κ1) is 15.1. The van der Waals surface area contributed by atoms with Crippen molar-refractivity contribution in [3.8, 4) is 5.75 Å². The lowest BCUT2D eigenvalue weighted by molar-refractivity contribution is -0.137. The highest BCUT2D eigenvalue weighted by molar-refractivity contribution is 5.77. The largest absolute Gasteiger partial charge is 0.497 e. The van der Waals surface area contributed by atoms with Gasteiger partial charge in [0.25, 0.3) is 0 Å². The van der Waals surface area contributed by atoms with Crippen LogP contribution in [-0.4, -0.2) is 13.0 Å². The summed E-state index contributed by atoms with van der Waals surface area (Å²) in [6.07, 6.45) is 0.0805. The van der Waals surface area contributed by atoms with Crippen LogP contribution in [0.25, 0.3) is 0 Å². The molecule has 0 bridgehead atoms. The number of carbonyl (C=O) groups excluding carboxylic acids is 1. The fraction of sp³-hybridized carbons (Fsp3) is 0.235. The quantitative estimate of drug-likeness (QED) is 0.830. The van der Waals surface area contributed by atoms with Crippen molar-refractivity contribution in [1.29, 1.82) is 0 Å². The molecule has 1 amide bonds. The predicted molar refractivity (Wildman–Crippen MR) is 80.8 cm³/mol. The number of nitrogens with one attached hydrogen (secondary N) is 1. The molecule has 0 fully saturated rings. The average Bonchev–Trinajstić information content (AvgIpc) is 2.54. The van der Waals surface area contributed by atoms with E-state index in [-0.39, 0.29) is 18.4 Å². The second-order valence-electron chi connectivity index (χ2n) is 4.72. The molecule has 0 radical (unpaired) electrons. The van der Waals surface area contributed by atoms with Crippen LogP contribution in [-0.2, 0) is 16.1 Å². The maximum absolute atomic E-state index is 11.8. The summed E-state index contributed by atoms with van der Waals surface area (Å²) in [4.78, 5) is 17.2. The Kier molecular flexibility index (Phi) is 5.35. The molecule has 0 spiro atoms. The van der Waals surface area contributed by atoms with Crippen LogP contribution in [0.15, 0.2) is 54.6 Å². The minimum atomic E-state index is -0.189. The number of rotatable bonds is 6. The highest BCUT2D eigenvalue weighted by Gasteiger charge is 2.08. The smallest absolute Gasteiger partial charge is 0.247 e. The molecule has 0 saturated heterocycles. The lowest BCUT2D eigenvalue weighted by Crippen LogP contribution is -2.26. The molecule has 0 saturated carbocycles. The number of carbonyl (C=O) groups is 1. The van der Waals surface area contributed by atoms with Gasteiger partial charge in [-0.2, -0.15) is 0 Å². The average molecular weight is 285 g/mol. The van der Waals surface area contributed by atoms with Crippen molar-refractivity contribution >= 4 is 5.91 Å². The second-order valence-corrected chi connectivity index (χ2v) is 4.72. The highest BCUT2D eigenvalue weighted by Crippen LogP contribution is 2.15. The molecule has 0 aromatic heterocycles. The van der Waals surface area contributed by atoms with E-state index in [2.05, 4.69) is 5.48 Å². The van der Waals surface area contributed by atoms with Gasteiger partial charge in [-0.25, -0.2) is 5.48 Å². The fourth-order valence-electron chi connectivity index (χ4n) is 1.91. The first-order valence-corrected chi connectivity index (χ1v) is 6.81. The normalized spacial score (nSPS) is 11.7. The van der Waals surface area contributed by atoms with E-state index in [1.165, 1.54) is 0 Å². The van der Waals surface area contributed by atoms with Crippen molar-refractivity contribution in [2.24, 2.45) is 0 Å². The van der Waals surface area contributed by atoms with Crippen LogP contribution >= 0.6 is 0 Å². The van der Waals surface area contributed by atoms with Gasteiger partial charge in [-0.3, -0.25) is 9.63 Å². The Morgan fingerprint density at radius 3 is 2.38 bits per heavy atom. The van der Waals surface area contributed by atoms with E-state index in [4.69, 9.17) is 9.57 Å². The molecular formula is C17H19NO3. The standard InChI is InChI=1S/C17H19NO3/c1-13(15-6-4-3-5-7-15)21-18-17(19)12-14-8-10-16(20-2)11-9-14/h3-11,13H,12H2,1-2H3,(H,18,19)/t13-/m0/s1. The summed E-state index contributed by atoms with van der Waals surface area (Å²) in [5.74, 6) is 0.594. The summed E-state index contributed by atoms with van der Waals surface area (Å²) >= 11 is 0. The molecule has 0 aliphatic rings. The minimum absolute atomic E-state index is 0.178. The third-order valence-corrected chi connectivity index (χ3v) is 3.14. The first-order valence-electron chi connectivity index (χ1n) is 6.81. The van der Waals surface area contributed by atoms with Crippen molar-refractivity contribution in [2.45, 2.75) is 19.4 Å². The third-order valence-electron chi connectivity index (χ3n) is 3.14. The molecule has 110 valence electrons. The third kappa shape index (κ3) is 4.61. The molecule has 1 N–H and O–H groups in total. The van der Waals surface area contributed by atoms with Gasteiger partial charge in [-0.05, 0) is 30.2 Å². The molecule has 4 heteroatoms. The maximum Gasteiger partial charge on any atom is 0.247 e. The molecule has 1 atom stereocenters. The number of hydrogen-bond donors (Lipinski definition) is 1. The van der Waals surface area contributed by atoms with Crippen LogP contribution in [0.2, 0.25) is 0 Å². The number of ether oxygens (including phenoxy) is 1. The maximum atomic E-state index is 11.8. The Bertz CT molecular complexity index is 566. The van der Waals surface area contributed by atoms with E-state index < -0.39 is 0 Å². The monoisotopic (exact) mass is 285 g/mol. The summed E-state index contributed by atoms with van der Waals surface area (Å²) in [5, 5.41) is 0. The molecule has 2 aromatic rings. The lowest BCUT2D eigenvalue weighted by atomic mass is 10.1. The summed E-state index contributed by atoms with van der Waals surface area (Å²) in [7, 11) is 1.61. The van der Waals surface area contributed by atoms with Crippen LogP contribution < -0.4 is 10.2 Å². The minimum Gasteiger partial charge on any atom is -0.497 e. The zero-order valence-electron chi connectivity index (χ0n) is 12.2. The van der Waals surface area contributed by atoms with Crippen molar-refractivity contribution in [3.05, 3.63) is 65.7 Å².